The molecule has 0 aromatic heterocycles. The minimum atomic E-state index is -3.12. The predicted molar refractivity (Wildman–Crippen MR) is 78.1 cm³/mol. The fourth-order valence-electron chi connectivity index (χ4n) is 1.32. The van der Waals surface area contributed by atoms with Crippen molar-refractivity contribution in [2.75, 3.05) is 12.4 Å². The molecular weight excluding hydrogens is 316 g/mol. The number of hydrogen-bond acceptors (Lipinski definition) is 3. The zero-order valence-corrected chi connectivity index (χ0v) is 13.3. The molecule has 0 spiro atoms. The first-order valence-corrected chi connectivity index (χ1v) is 8.54. The van der Waals surface area contributed by atoms with Crippen LogP contribution in [-0.4, -0.2) is 25.5 Å². The van der Waals surface area contributed by atoms with Crippen LogP contribution < -0.4 is 4.74 Å². The number of alkyl halides is 1. The van der Waals surface area contributed by atoms with Gasteiger partial charge in [-0.1, -0.05) is 34.1 Å². The van der Waals surface area contributed by atoms with E-state index in [9.17, 15) is 8.42 Å². The van der Waals surface area contributed by atoms with E-state index in [1.807, 2.05) is 24.3 Å². The van der Waals surface area contributed by atoms with Crippen LogP contribution in [0.5, 0.6) is 5.75 Å². The lowest BCUT2D eigenvalue weighted by Gasteiger charge is -2.19. The van der Waals surface area contributed by atoms with Crippen LogP contribution in [0.4, 0.5) is 0 Å². The third-order valence-corrected chi connectivity index (χ3v) is 5.83. The molecule has 18 heavy (non-hydrogen) atoms. The Morgan fingerprint density at radius 3 is 2.39 bits per heavy atom. The number of rotatable bonds is 5. The van der Waals surface area contributed by atoms with Crippen LogP contribution in [0.25, 0.3) is 0 Å². The summed E-state index contributed by atoms with van der Waals surface area (Å²) in [4.78, 5) is 0. The Morgan fingerprint density at radius 1 is 1.22 bits per heavy atom. The van der Waals surface area contributed by atoms with E-state index in [0.717, 1.165) is 11.3 Å². The Bertz CT molecular complexity index is 489. The van der Waals surface area contributed by atoms with E-state index in [4.69, 9.17) is 4.74 Å². The number of ether oxygens (including phenoxy) is 1. The SMILES string of the molecule is CC(C)(C)S(=O)(=O)CCOc1ccccc1CBr. The van der Waals surface area contributed by atoms with E-state index in [1.54, 1.807) is 20.8 Å². The van der Waals surface area contributed by atoms with E-state index in [1.165, 1.54) is 0 Å². The molecule has 102 valence electrons. The quantitative estimate of drug-likeness (QED) is 0.777. The van der Waals surface area contributed by atoms with Crippen LogP contribution in [0.15, 0.2) is 24.3 Å². The highest BCUT2D eigenvalue weighted by molar-refractivity contribution is 9.08. The van der Waals surface area contributed by atoms with E-state index in [2.05, 4.69) is 15.9 Å². The molecule has 0 aliphatic rings. The third-order valence-electron chi connectivity index (χ3n) is 2.66. The average molecular weight is 335 g/mol. The number of sulfone groups is 1. The molecule has 0 heterocycles. The Balaban J connectivity index is 2.63. The van der Waals surface area contributed by atoms with Gasteiger partial charge in [-0.15, -0.1) is 0 Å². The molecule has 1 aromatic carbocycles. The van der Waals surface area contributed by atoms with Gasteiger partial charge in [-0.3, -0.25) is 0 Å². The molecule has 3 nitrogen and oxygen atoms in total. The molecule has 0 bridgehead atoms. The summed E-state index contributed by atoms with van der Waals surface area (Å²) < 4.78 is 28.6. The summed E-state index contributed by atoms with van der Waals surface area (Å²) in [5.74, 6) is 0.770. The third kappa shape index (κ3) is 3.99. The molecule has 0 N–H and O–H groups in total. The summed E-state index contributed by atoms with van der Waals surface area (Å²) in [7, 11) is -3.12. The lowest BCUT2D eigenvalue weighted by Crippen LogP contribution is -2.32. The van der Waals surface area contributed by atoms with Gasteiger partial charge in [-0.05, 0) is 26.8 Å². The number of hydrogen-bond donors (Lipinski definition) is 0. The standard InChI is InChI=1S/C13H19BrO3S/c1-13(2,3)18(15,16)9-8-17-12-7-5-4-6-11(12)10-14/h4-7H,8-10H2,1-3H3. The predicted octanol–water partition coefficient (Wildman–Crippen LogP) is 3.17. The summed E-state index contributed by atoms with van der Waals surface area (Å²) in [6.07, 6.45) is 0. The van der Waals surface area contributed by atoms with Gasteiger partial charge in [-0.2, -0.15) is 0 Å². The lowest BCUT2D eigenvalue weighted by molar-refractivity contribution is 0.337. The Hall–Kier alpha value is -0.550. The first-order valence-electron chi connectivity index (χ1n) is 5.77. The molecule has 0 saturated heterocycles. The zero-order chi connectivity index (χ0) is 13.8. The molecule has 0 aliphatic carbocycles. The largest absolute Gasteiger partial charge is 0.492 e. The Labute approximate surface area is 118 Å². The van der Waals surface area contributed by atoms with Gasteiger partial charge < -0.3 is 4.74 Å². The molecule has 0 unspecified atom stereocenters. The number of para-hydroxylation sites is 1. The molecule has 0 aliphatic heterocycles. The van der Waals surface area contributed by atoms with Gasteiger partial charge in [0.15, 0.2) is 9.84 Å². The van der Waals surface area contributed by atoms with Crippen molar-refractivity contribution in [3.05, 3.63) is 29.8 Å². The molecule has 5 heteroatoms. The second-order valence-corrected chi connectivity index (χ2v) is 8.44. The van der Waals surface area contributed by atoms with Gasteiger partial charge in [0, 0.05) is 10.9 Å². The van der Waals surface area contributed by atoms with Crippen LogP contribution in [0.3, 0.4) is 0 Å². The maximum Gasteiger partial charge on any atom is 0.158 e. The van der Waals surface area contributed by atoms with Gasteiger partial charge >= 0.3 is 0 Å². The zero-order valence-electron chi connectivity index (χ0n) is 10.9. The van der Waals surface area contributed by atoms with Gasteiger partial charge in [-0.25, -0.2) is 8.42 Å². The maximum atomic E-state index is 11.9. The molecule has 0 saturated carbocycles. The topological polar surface area (TPSA) is 43.4 Å². The maximum absolute atomic E-state index is 11.9. The van der Waals surface area contributed by atoms with Gasteiger partial charge in [0.2, 0.25) is 0 Å². The molecule has 1 rings (SSSR count). The monoisotopic (exact) mass is 334 g/mol. The molecule has 1 aromatic rings. The fraction of sp³-hybridized carbons (Fsp3) is 0.538. The van der Waals surface area contributed by atoms with E-state index < -0.39 is 14.6 Å². The number of halogens is 1. The van der Waals surface area contributed by atoms with Crippen molar-refractivity contribution in [3.8, 4) is 5.75 Å². The summed E-state index contributed by atoms with van der Waals surface area (Å²) in [6, 6.07) is 7.59. The summed E-state index contributed by atoms with van der Waals surface area (Å²) in [5.41, 5.74) is 1.02. The number of benzene rings is 1. The Morgan fingerprint density at radius 2 is 1.83 bits per heavy atom. The van der Waals surface area contributed by atoms with Crippen molar-refractivity contribution in [2.45, 2.75) is 30.8 Å². The van der Waals surface area contributed by atoms with Gasteiger partial charge in [0.1, 0.15) is 12.4 Å². The van der Waals surface area contributed by atoms with Crippen molar-refractivity contribution in [3.63, 3.8) is 0 Å². The summed E-state index contributed by atoms with van der Waals surface area (Å²) in [5, 5.41) is 0.690. The molecule has 0 radical (unpaired) electrons. The van der Waals surface area contributed by atoms with E-state index in [0.29, 0.717) is 5.33 Å². The normalized spacial score (nSPS) is 12.4. The van der Waals surface area contributed by atoms with Gasteiger partial charge in [0.25, 0.3) is 0 Å². The van der Waals surface area contributed by atoms with Crippen LogP contribution >= 0.6 is 15.9 Å². The van der Waals surface area contributed by atoms with Crippen molar-refractivity contribution in [2.24, 2.45) is 0 Å². The minimum Gasteiger partial charge on any atom is -0.492 e. The Kier molecular flexibility index (Phi) is 5.22. The lowest BCUT2D eigenvalue weighted by atomic mass is 10.2. The second kappa shape index (κ2) is 6.06. The van der Waals surface area contributed by atoms with Gasteiger partial charge in [0.05, 0.1) is 10.5 Å². The molecule has 0 amide bonds. The molecule has 0 fully saturated rings. The van der Waals surface area contributed by atoms with Crippen LogP contribution in [0, 0.1) is 0 Å². The smallest absolute Gasteiger partial charge is 0.158 e. The van der Waals surface area contributed by atoms with E-state index >= 15 is 0 Å². The fourth-order valence-corrected chi connectivity index (χ4v) is 2.70. The van der Waals surface area contributed by atoms with Crippen molar-refractivity contribution in [1.29, 1.82) is 0 Å². The highest BCUT2D eigenvalue weighted by Gasteiger charge is 2.28. The highest BCUT2D eigenvalue weighted by Crippen LogP contribution is 2.21. The molecule has 0 atom stereocenters. The van der Waals surface area contributed by atoms with Crippen molar-refractivity contribution in [1.82, 2.24) is 0 Å². The van der Waals surface area contributed by atoms with Crippen LogP contribution in [0.2, 0.25) is 0 Å². The molecular formula is C13H19BrO3S. The summed E-state index contributed by atoms with van der Waals surface area (Å²) >= 11 is 3.37. The van der Waals surface area contributed by atoms with Crippen LogP contribution in [0.1, 0.15) is 26.3 Å². The van der Waals surface area contributed by atoms with Crippen molar-refractivity contribution < 1.29 is 13.2 Å². The van der Waals surface area contributed by atoms with E-state index in [-0.39, 0.29) is 12.4 Å². The van der Waals surface area contributed by atoms with Crippen LogP contribution in [-0.2, 0) is 15.2 Å². The minimum absolute atomic E-state index is 0.0348. The first-order chi connectivity index (χ1) is 8.28. The first kappa shape index (κ1) is 15.5. The second-order valence-electron chi connectivity index (χ2n) is 5.02. The van der Waals surface area contributed by atoms with Crippen molar-refractivity contribution >= 4 is 25.8 Å². The average Bonchev–Trinajstić information content (AvgIpc) is 2.28. The highest BCUT2D eigenvalue weighted by atomic mass is 79.9. The summed E-state index contributed by atoms with van der Waals surface area (Å²) in [6.45, 7) is 5.29.